The molecule has 110 valence electrons. The van der Waals surface area contributed by atoms with Gasteiger partial charge in [-0.1, -0.05) is 24.3 Å². The highest BCUT2D eigenvalue weighted by Crippen LogP contribution is 2.16. The van der Waals surface area contributed by atoms with Crippen molar-refractivity contribution < 1.29 is 10.0 Å². The van der Waals surface area contributed by atoms with Gasteiger partial charge in [0.25, 0.3) is 0 Å². The first-order chi connectivity index (χ1) is 9.36. The summed E-state index contributed by atoms with van der Waals surface area (Å²) >= 11 is 0. The van der Waals surface area contributed by atoms with Crippen LogP contribution in [0.3, 0.4) is 0 Å². The summed E-state index contributed by atoms with van der Waals surface area (Å²) in [6.07, 6.45) is 0. The van der Waals surface area contributed by atoms with E-state index in [1.807, 2.05) is 18.2 Å². The molecule has 1 aliphatic heterocycles. The predicted octanol–water partition coefficient (Wildman–Crippen LogP) is 0.283. The molecule has 0 aromatic heterocycles. The molecule has 4 nitrogen and oxygen atoms in total. The van der Waals surface area contributed by atoms with E-state index in [1.165, 1.54) is 0 Å². The van der Waals surface area contributed by atoms with Gasteiger partial charge in [-0.25, -0.2) is 0 Å². The number of benzene rings is 1. The quantitative estimate of drug-likeness (QED) is 0.779. The van der Waals surface area contributed by atoms with Crippen LogP contribution in [-0.4, -0.2) is 58.7 Å². The molecule has 1 heterocycles. The van der Waals surface area contributed by atoms with E-state index in [9.17, 15) is 10.0 Å². The minimum absolute atomic E-state index is 0.243. The molecule has 0 spiro atoms. The highest BCUT2D eigenvalue weighted by molar-refractivity contribution is 6.58. The fraction of sp³-hybridized carbons (Fsp3) is 0.600. The van der Waals surface area contributed by atoms with Crippen molar-refractivity contribution in [2.45, 2.75) is 32.9 Å². The molecular weight excluding hydrogens is 251 g/mol. The van der Waals surface area contributed by atoms with Gasteiger partial charge in [0, 0.05) is 38.3 Å². The van der Waals surface area contributed by atoms with E-state index in [0.29, 0.717) is 5.46 Å². The minimum Gasteiger partial charge on any atom is -0.423 e. The monoisotopic (exact) mass is 276 g/mol. The third kappa shape index (κ3) is 4.06. The largest absolute Gasteiger partial charge is 0.488 e. The van der Waals surface area contributed by atoms with Crippen LogP contribution in [-0.2, 0) is 6.54 Å². The number of piperazine rings is 1. The standard InChI is InChI=1S/C15H25BN2O2/c1-15(2,3)18-9-7-17(8-10-18)12-13-5-4-6-14(11-13)16(19)20/h4-6,11,19-20H,7-10,12H2,1-3H3. The first-order valence-electron chi connectivity index (χ1n) is 7.28. The van der Waals surface area contributed by atoms with E-state index in [4.69, 9.17) is 0 Å². The van der Waals surface area contributed by atoms with Crippen molar-refractivity contribution in [3.05, 3.63) is 29.8 Å². The van der Waals surface area contributed by atoms with Gasteiger partial charge in [-0.3, -0.25) is 9.80 Å². The lowest BCUT2D eigenvalue weighted by Crippen LogP contribution is -2.53. The number of hydrogen-bond donors (Lipinski definition) is 2. The number of nitrogens with zero attached hydrogens (tertiary/aromatic N) is 2. The van der Waals surface area contributed by atoms with E-state index in [-0.39, 0.29) is 5.54 Å². The second-order valence-corrected chi connectivity index (χ2v) is 6.55. The zero-order valence-corrected chi connectivity index (χ0v) is 12.7. The second-order valence-electron chi connectivity index (χ2n) is 6.55. The third-order valence-corrected chi connectivity index (χ3v) is 3.98. The number of hydrogen-bond acceptors (Lipinski definition) is 4. The van der Waals surface area contributed by atoms with E-state index >= 15 is 0 Å². The third-order valence-electron chi connectivity index (χ3n) is 3.98. The van der Waals surface area contributed by atoms with Crippen molar-refractivity contribution >= 4 is 12.6 Å². The van der Waals surface area contributed by atoms with Crippen LogP contribution in [0.2, 0.25) is 0 Å². The molecule has 20 heavy (non-hydrogen) atoms. The van der Waals surface area contributed by atoms with Crippen LogP contribution in [0.15, 0.2) is 24.3 Å². The summed E-state index contributed by atoms with van der Waals surface area (Å²) in [7, 11) is -1.38. The van der Waals surface area contributed by atoms with Gasteiger partial charge in [0.05, 0.1) is 0 Å². The zero-order chi connectivity index (χ0) is 14.8. The van der Waals surface area contributed by atoms with Gasteiger partial charge in [-0.05, 0) is 31.8 Å². The van der Waals surface area contributed by atoms with E-state index in [0.717, 1.165) is 38.3 Å². The molecule has 0 amide bonds. The Balaban J connectivity index is 1.91. The molecule has 1 saturated heterocycles. The van der Waals surface area contributed by atoms with Gasteiger partial charge in [0.15, 0.2) is 0 Å². The Morgan fingerprint density at radius 2 is 1.75 bits per heavy atom. The molecule has 1 aromatic rings. The molecule has 5 heteroatoms. The zero-order valence-electron chi connectivity index (χ0n) is 12.7. The molecule has 0 bridgehead atoms. The SMILES string of the molecule is CC(C)(C)N1CCN(Cc2cccc(B(O)O)c2)CC1. The van der Waals surface area contributed by atoms with Gasteiger partial charge in [0.1, 0.15) is 0 Å². The molecule has 1 aromatic carbocycles. The Labute approximate surface area is 122 Å². The highest BCUT2D eigenvalue weighted by Gasteiger charge is 2.25. The molecule has 0 atom stereocenters. The van der Waals surface area contributed by atoms with Crippen LogP contribution in [0.1, 0.15) is 26.3 Å². The molecule has 0 aliphatic carbocycles. The molecule has 0 saturated carbocycles. The van der Waals surface area contributed by atoms with Crippen molar-refractivity contribution in [3.8, 4) is 0 Å². The van der Waals surface area contributed by atoms with E-state index in [2.05, 4.69) is 30.6 Å². The van der Waals surface area contributed by atoms with Crippen LogP contribution in [0.5, 0.6) is 0 Å². The molecular formula is C15H25BN2O2. The smallest absolute Gasteiger partial charge is 0.423 e. The lowest BCUT2D eigenvalue weighted by molar-refractivity contribution is 0.0591. The predicted molar refractivity (Wildman–Crippen MR) is 82.9 cm³/mol. The lowest BCUT2D eigenvalue weighted by atomic mass is 9.79. The summed E-state index contributed by atoms with van der Waals surface area (Å²) in [5.74, 6) is 0. The van der Waals surface area contributed by atoms with E-state index < -0.39 is 7.12 Å². The van der Waals surface area contributed by atoms with Gasteiger partial charge >= 0.3 is 7.12 Å². The van der Waals surface area contributed by atoms with Crippen LogP contribution < -0.4 is 5.46 Å². The van der Waals surface area contributed by atoms with Crippen LogP contribution >= 0.6 is 0 Å². The summed E-state index contributed by atoms with van der Waals surface area (Å²) in [5, 5.41) is 18.4. The van der Waals surface area contributed by atoms with Crippen molar-refractivity contribution in [1.29, 1.82) is 0 Å². The average molecular weight is 276 g/mol. The Morgan fingerprint density at radius 1 is 1.10 bits per heavy atom. The summed E-state index contributed by atoms with van der Waals surface area (Å²) in [5.41, 5.74) is 1.95. The minimum atomic E-state index is -1.38. The Kier molecular flexibility index (Phi) is 4.86. The van der Waals surface area contributed by atoms with Crippen molar-refractivity contribution in [1.82, 2.24) is 9.80 Å². The Bertz CT molecular complexity index is 438. The van der Waals surface area contributed by atoms with Crippen LogP contribution in [0.4, 0.5) is 0 Å². The molecule has 1 aliphatic rings. The molecule has 1 fully saturated rings. The fourth-order valence-corrected chi connectivity index (χ4v) is 2.69. The van der Waals surface area contributed by atoms with Crippen molar-refractivity contribution in [2.75, 3.05) is 26.2 Å². The Hall–Kier alpha value is -0.875. The van der Waals surface area contributed by atoms with Gasteiger partial charge in [-0.15, -0.1) is 0 Å². The van der Waals surface area contributed by atoms with Crippen LogP contribution in [0.25, 0.3) is 0 Å². The first kappa shape index (κ1) is 15.5. The second kappa shape index (κ2) is 6.27. The molecule has 2 rings (SSSR count). The maximum atomic E-state index is 9.21. The van der Waals surface area contributed by atoms with Crippen LogP contribution in [0, 0.1) is 0 Å². The number of rotatable bonds is 3. The highest BCUT2D eigenvalue weighted by atomic mass is 16.4. The van der Waals surface area contributed by atoms with Gasteiger partial charge in [0.2, 0.25) is 0 Å². The normalized spacial score (nSPS) is 18.2. The lowest BCUT2D eigenvalue weighted by Gasteiger charge is -2.42. The summed E-state index contributed by atoms with van der Waals surface area (Å²) < 4.78 is 0. The summed E-state index contributed by atoms with van der Waals surface area (Å²) in [4.78, 5) is 4.93. The fourth-order valence-electron chi connectivity index (χ4n) is 2.69. The molecule has 0 radical (unpaired) electrons. The van der Waals surface area contributed by atoms with E-state index in [1.54, 1.807) is 6.07 Å². The van der Waals surface area contributed by atoms with Gasteiger partial charge < -0.3 is 10.0 Å². The maximum absolute atomic E-state index is 9.21. The topological polar surface area (TPSA) is 46.9 Å². The summed E-state index contributed by atoms with van der Waals surface area (Å²) in [6.45, 7) is 11.9. The molecule has 2 N–H and O–H groups in total. The molecule has 0 unspecified atom stereocenters. The van der Waals surface area contributed by atoms with Crippen molar-refractivity contribution in [2.24, 2.45) is 0 Å². The Morgan fingerprint density at radius 3 is 2.30 bits per heavy atom. The van der Waals surface area contributed by atoms with Gasteiger partial charge in [-0.2, -0.15) is 0 Å². The summed E-state index contributed by atoms with van der Waals surface area (Å²) in [6, 6.07) is 7.55. The maximum Gasteiger partial charge on any atom is 0.488 e. The average Bonchev–Trinajstić information content (AvgIpc) is 2.38. The first-order valence-corrected chi connectivity index (χ1v) is 7.28. The van der Waals surface area contributed by atoms with Crippen molar-refractivity contribution in [3.63, 3.8) is 0 Å².